The van der Waals surface area contributed by atoms with E-state index in [9.17, 15) is 5.11 Å². The van der Waals surface area contributed by atoms with Crippen molar-refractivity contribution in [1.29, 1.82) is 0 Å². The fourth-order valence-electron chi connectivity index (χ4n) is 1.27. The van der Waals surface area contributed by atoms with Crippen molar-refractivity contribution in [1.82, 2.24) is 0 Å². The van der Waals surface area contributed by atoms with Crippen LogP contribution < -0.4 is 0 Å². The second-order valence-corrected chi connectivity index (χ2v) is 5.36. The molecule has 82 valence electrons. The van der Waals surface area contributed by atoms with Gasteiger partial charge in [0.25, 0.3) is 0 Å². The number of aliphatic hydroxyl groups is 1. The molecule has 0 spiro atoms. The third-order valence-electron chi connectivity index (χ3n) is 2.52. The molecule has 1 N–H and O–H groups in total. The van der Waals surface area contributed by atoms with Crippen LogP contribution in [0, 0.1) is 11.3 Å². The first kappa shape index (κ1) is 11.5. The lowest BCUT2D eigenvalue weighted by atomic mass is 9.89. The Balaban J connectivity index is 2.68. The van der Waals surface area contributed by atoms with Gasteiger partial charge < -0.3 is 9.84 Å². The summed E-state index contributed by atoms with van der Waals surface area (Å²) >= 11 is 0. The molecule has 0 fully saturated rings. The molecule has 14 heavy (non-hydrogen) atoms. The quantitative estimate of drug-likeness (QED) is 0.737. The second kappa shape index (κ2) is 3.89. The summed E-state index contributed by atoms with van der Waals surface area (Å²) in [6.07, 6.45) is -0.591. The van der Waals surface area contributed by atoms with Gasteiger partial charge in [0.15, 0.2) is 0 Å². The van der Waals surface area contributed by atoms with E-state index >= 15 is 0 Å². The van der Waals surface area contributed by atoms with Crippen molar-refractivity contribution in [3.8, 4) is 0 Å². The predicted molar refractivity (Wildman–Crippen MR) is 57.5 cm³/mol. The van der Waals surface area contributed by atoms with E-state index in [1.54, 1.807) is 0 Å². The average molecular weight is 199 g/mol. The molecular weight excluding hydrogens is 178 g/mol. The molecule has 0 saturated heterocycles. The summed E-state index contributed by atoms with van der Waals surface area (Å²) in [6, 6.07) is 0.210. The molecule has 0 aromatic carbocycles. The molecule has 3 heteroatoms. The Morgan fingerprint density at radius 2 is 2.00 bits per heavy atom. The molecule has 2 unspecified atom stereocenters. The molecule has 0 aromatic heterocycles. The molecule has 1 heterocycles. The summed E-state index contributed by atoms with van der Waals surface area (Å²) < 4.78 is 5.42. The molecule has 0 aromatic rings. The maximum Gasteiger partial charge on any atom is 0.214 e. The van der Waals surface area contributed by atoms with E-state index in [0.717, 1.165) is 0 Å². The van der Waals surface area contributed by atoms with E-state index in [1.807, 2.05) is 20.8 Å². The van der Waals surface area contributed by atoms with E-state index in [2.05, 4.69) is 18.8 Å². The normalized spacial score (nSPS) is 24.8. The van der Waals surface area contributed by atoms with Crippen LogP contribution >= 0.6 is 0 Å². The second-order valence-electron chi connectivity index (χ2n) is 5.36. The summed E-state index contributed by atoms with van der Waals surface area (Å²) in [5, 5.41) is 9.93. The number of rotatable bonds is 2. The number of aliphatic hydroxyl groups excluding tert-OH is 1. The number of hydrogen-bond acceptors (Lipinski definition) is 3. The SMILES string of the molecule is CC(C)C1COC(C(O)C(C)(C)C)=N1. The molecule has 1 rings (SSSR count). The van der Waals surface area contributed by atoms with Gasteiger partial charge in [-0.25, -0.2) is 4.99 Å². The Bertz CT molecular complexity index is 228. The molecular formula is C11H21NO2. The van der Waals surface area contributed by atoms with Gasteiger partial charge in [0.05, 0.1) is 6.04 Å². The van der Waals surface area contributed by atoms with Gasteiger partial charge in [-0.15, -0.1) is 0 Å². The van der Waals surface area contributed by atoms with E-state index in [-0.39, 0.29) is 11.5 Å². The average Bonchev–Trinajstić information content (AvgIpc) is 2.48. The minimum atomic E-state index is -0.591. The Morgan fingerprint density at radius 1 is 1.43 bits per heavy atom. The monoisotopic (exact) mass is 199 g/mol. The van der Waals surface area contributed by atoms with Crippen LogP contribution in [0.25, 0.3) is 0 Å². The van der Waals surface area contributed by atoms with Crippen LogP contribution in [0.5, 0.6) is 0 Å². The molecule has 3 nitrogen and oxygen atoms in total. The fourth-order valence-corrected chi connectivity index (χ4v) is 1.27. The van der Waals surface area contributed by atoms with Gasteiger partial charge in [-0.2, -0.15) is 0 Å². The first-order chi connectivity index (χ1) is 6.32. The van der Waals surface area contributed by atoms with Crippen molar-refractivity contribution in [3.05, 3.63) is 0 Å². The Hall–Kier alpha value is -0.570. The smallest absolute Gasteiger partial charge is 0.214 e. The first-order valence-corrected chi connectivity index (χ1v) is 5.21. The summed E-state index contributed by atoms with van der Waals surface area (Å²) in [5.41, 5.74) is -0.204. The van der Waals surface area contributed by atoms with Crippen molar-refractivity contribution in [2.75, 3.05) is 6.61 Å². The lowest BCUT2D eigenvalue weighted by molar-refractivity contribution is 0.0981. The van der Waals surface area contributed by atoms with Crippen molar-refractivity contribution in [2.24, 2.45) is 16.3 Å². The Morgan fingerprint density at radius 3 is 2.36 bits per heavy atom. The standard InChI is InChI=1S/C11H21NO2/c1-7(2)8-6-14-10(12-8)9(13)11(3,4)5/h7-9,13H,6H2,1-5H3. The number of aliphatic imine (C=N–C) groups is 1. The molecule has 1 aliphatic heterocycles. The zero-order valence-corrected chi connectivity index (χ0v) is 9.74. The van der Waals surface area contributed by atoms with Gasteiger partial charge in [0.2, 0.25) is 5.90 Å². The molecule has 2 atom stereocenters. The molecule has 0 saturated carbocycles. The zero-order chi connectivity index (χ0) is 10.9. The first-order valence-electron chi connectivity index (χ1n) is 5.21. The third kappa shape index (κ3) is 2.47. The molecule has 0 radical (unpaired) electrons. The Labute approximate surface area is 86.2 Å². The molecule has 0 bridgehead atoms. The Kier molecular flexibility index (Phi) is 3.20. The highest BCUT2D eigenvalue weighted by Gasteiger charge is 2.33. The molecule has 1 aliphatic rings. The van der Waals surface area contributed by atoms with Crippen LogP contribution in [0.2, 0.25) is 0 Å². The zero-order valence-electron chi connectivity index (χ0n) is 9.74. The third-order valence-corrected chi connectivity index (χ3v) is 2.52. The number of hydrogen-bond donors (Lipinski definition) is 1. The van der Waals surface area contributed by atoms with Crippen molar-refractivity contribution in [3.63, 3.8) is 0 Å². The summed E-state index contributed by atoms with van der Waals surface area (Å²) in [7, 11) is 0. The van der Waals surface area contributed by atoms with E-state index in [1.165, 1.54) is 0 Å². The van der Waals surface area contributed by atoms with Gasteiger partial charge in [-0.3, -0.25) is 0 Å². The van der Waals surface area contributed by atoms with Crippen LogP contribution in [0.1, 0.15) is 34.6 Å². The van der Waals surface area contributed by atoms with Gasteiger partial charge in [0, 0.05) is 0 Å². The highest BCUT2D eigenvalue weighted by Crippen LogP contribution is 2.24. The minimum absolute atomic E-state index is 0.204. The number of ether oxygens (including phenoxy) is 1. The van der Waals surface area contributed by atoms with Gasteiger partial charge in [-0.05, 0) is 11.3 Å². The van der Waals surface area contributed by atoms with Crippen molar-refractivity contribution < 1.29 is 9.84 Å². The van der Waals surface area contributed by atoms with E-state index in [4.69, 9.17) is 4.74 Å². The highest BCUT2D eigenvalue weighted by atomic mass is 16.5. The van der Waals surface area contributed by atoms with Crippen LogP contribution in [-0.4, -0.2) is 29.8 Å². The fraction of sp³-hybridized carbons (Fsp3) is 0.909. The van der Waals surface area contributed by atoms with Crippen LogP contribution in [-0.2, 0) is 4.74 Å². The topological polar surface area (TPSA) is 41.8 Å². The van der Waals surface area contributed by atoms with Gasteiger partial charge in [-0.1, -0.05) is 34.6 Å². The predicted octanol–water partition coefficient (Wildman–Crippen LogP) is 1.85. The van der Waals surface area contributed by atoms with Crippen LogP contribution in [0.4, 0.5) is 0 Å². The maximum atomic E-state index is 9.93. The largest absolute Gasteiger partial charge is 0.477 e. The van der Waals surface area contributed by atoms with Crippen LogP contribution in [0.15, 0.2) is 4.99 Å². The van der Waals surface area contributed by atoms with Crippen molar-refractivity contribution in [2.45, 2.75) is 46.8 Å². The molecule has 0 amide bonds. The summed E-state index contributed by atoms with van der Waals surface area (Å²) in [5.74, 6) is 0.982. The van der Waals surface area contributed by atoms with Gasteiger partial charge in [0.1, 0.15) is 12.7 Å². The lowest BCUT2D eigenvalue weighted by Gasteiger charge is -2.24. The minimum Gasteiger partial charge on any atom is -0.477 e. The van der Waals surface area contributed by atoms with Crippen molar-refractivity contribution >= 4 is 5.90 Å². The summed E-state index contributed by atoms with van der Waals surface area (Å²) in [6.45, 7) is 10.8. The van der Waals surface area contributed by atoms with E-state index in [0.29, 0.717) is 18.4 Å². The van der Waals surface area contributed by atoms with Gasteiger partial charge >= 0.3 is 0 Å². The lowest BCUT2D eigenvalue weighted by Crippen LogP contribution is -2.34. The number of nitrogens with zero attached hydrogens (tertiary/aromatic N) is 1. The van der Waals surface area contributed by atoms with Crippen LogP contribution in [0.3, 0.4) is 0 Å². The maximum absolute atomic E-state index is 9.93. The summed E-state index contributed by atoms with van der Waals surface area (Å²) in [4.78, 5) is 4.40. The molecule has 0 aliphatic carbocycles. The highest BCUT2D eigenvalue weighted by molar-refractivity contribution is 5.82. The van der Waals surface area contributed by atoms with E-state index < -0.39 is 6.10 Å².